The van der Waals surface area contributed by atoms with Crippen LogP contribution in [-0.4, -0.2) is 47.8 Å². The molecule has 1 saturated heterocycles. The number of amides is 2. The average Bonchev–Trinajstić information content (AvgIpc) is 3.63. The van der Waals surface area contributed by atoms with E-state index in [0.717, 1.165) is 56.4 Å². The Balaban J connectivity index is 1.50. The van der Waals surface area contributed by atoms with Crippen LogP contribution in [0, 0.1) is 10.1 Å². The second kappa shape index (κ2) is 9.38. The van der Waals surface area contributed by atoms with E-state index in [0.29, 0.717) is 23.7 Å². The summed E-state index contributed by atoms with van der Waals surface area (Å²) in [5.41, 5.74) is 2.49. The average molecular weight is 437 g/mol. The molecule has 0 aromatic heterocycles. The molecule has 2 fully saturated rings. The number of nitro groups is 1. The fourth-order valence-corrected chi connectivity index (χ4v) is 4.03. The number of carbonyl (C=O) groups is 2. The number of benzene rings is 2. The highest BCUT2D eigenvalue weighted by atomic mass is 16.6. The van der Waals surface area contributed by atoms with Gasteiger partial charge in [0.1, 0.15) is 0 Å². The van der Waals surface area contributed by atoms with Crippen molar-refractivity contribution in [1.29, 1.82) is 0 Å². The fourth-order valence-electron chi connectivity index (χ4n) is 4.03. The molecule has 0 unspecified atom stereocenters. The zero-order chi connectivity index (χ0) is 22.7. The number of carbonyl (C=O) groups excluding carboxylic acids is 2. The third-order valence-corrected chi connectivity index (χ3v) is 6.01. The van der Waals surface area contributed by atoms with E-state index < -0.39 is 4.92 Å². The number of hydrogen-bond acceptors (Lipinski definition) is 5. The zero-order valence-electron chi connectivity index (χ0n) is 18.3. The van der Waals surface area contributed by atoms with Gasteiger partial charge in [0.15, 0.2) is 0 Å². The van der Waals surface area contributed by atoms with Gasteiger partial charge in [-0.05, 0) is 55.9 Å². The Morgan fingerprint density at radius 2 is 1.78 bits per heavy atom. The number of nitro benzene ring substituents is 1. The first-order chi connectivity index (χ1) is 15.4. The second-order valence-electron chi connectivity index (χ2n) is 8.61. The molecule has 8 heteroatoms. The lowest BCUT2D eigenvalue weighted by Gasteiger charge is -2.31. The van der Waals surface area contributed by atoms with Crippen LogP contribution in [-0.2, 0) is 6.54 Å². The fraction of sp³-hybridized carbons (Fsp3) is 0.417. The first-order valence-electron chi connectivity index (χ1n) is 11.1. The van der Waals surface area contributed by atoms with Crippen LogP contribution < -0.4 is 10.2 Å². The molecule has 1 heterocycles. The first kappa shape index (κ1) is 21.8. The van der Waals surface area contributed by atoms with Crippen LogP contribution in [0.4, 0.5) is 11.4 Å². The van der Waals surface area contributed by atoms with E-state index in [4.69, 9.17) is 0 Å². The van der Waals surface area contributed by atoms with Crippen LogP contribution in [0.3, 0.4) is 0 Å². The van der Waals surface area contributed by atoms with E-state index in [1.165, 1.54) is 12.1 Å². The number of rotatable bonds is 7. The van der Waals surface area contributed by atoms with Crippen molar-refractivity contribution >= 4 is 23.2 Å². The highest BCUT2D eigenvalue weighted by molar-refractivity contribution is 6.00. The molecule has 2 aromatic rings. The molecule has 2 amide bonds. The summed E-state index contributed by atoms with van der Waals surface area (Å²) in [4.78, 5) is 40.0. The first-order valence-corrected chi connectivity index (χ1v) is 11.1. The van der Waals surface area contributed by atoms with Gasteiger partial charge in [0.25, 0.3) is 17.5 Å². The van der Waals surface area contributed by atoms with E-state index in [1.807, 2.05) is 12.1 Å². The van der Waals surface area contributed by atoms with Crippen LogP contribution in [0.5, 0.6) is 0 Å². The van der Waals surface area contributed by atoms with Crippen molar-refractivity contribution in [1.82, 2.24) is 10.2 Å². The molecule has 1 aliphatic heterocycles. The topological polar surface area (TPSA) is 95.8 Å². The lowest BCUT2D eigenvalue weighted by molar-refractivity contribution is -0.384. The summed E-state index contributed by atoms with van der Waals surface area (Å²) in [7, 11) is 1.69. The van der Waals surface area contributed by atoms with E-state index in [9.17, 15) is 19.7 Å². The molecule has 4 rings (SSSR count). The Kier molecular flexibility index (Phi) is 6.39. The number of hydrogen-bond donors (Lipinski definition) is 1. The molecule has 0 bridgehead atoms. The maximum absolute atomic E-state index is 13.3. The molecule has 1 N–H and O–H groups in total. The zero-order valence-corrected chi connectivity index (χ0v) is 18.3. The standard InChI is InChI=1S/C24H28N4O4/c1-26(16-17-5-7-18(8-6-17)23(29)25-19-9-10-19)24(30)21-15-20(28(31)32)11-12-22(21)27-13-3-2-4-14-27/h5-8,11-12,15,19H,2-4,9-10,13-14,16H2,1H3,(H,25,29). The van der Waals surface area contributed by atoms with Crippen molar-refractivity contribution in [3.05, 3.63) is 69.3 Å². The Labute approximate surface area is 187 Å². The molecule has 2 aromatic carbocycles. The van der Waals surface area contributed by atoms with Crippen molar-refractivity contribution in [3.63, 3.8) is 0 Å². The van der Waals surface area contributed by atoms with Gasteiger partial charge in [0.2, 0.25) is 0 Å². The van der Waals surface area contributed by atoms with Crippen LogP contribution in [0.25, 0.3) is 0 Å². The number of anilines is 1. The normalized spacial score (nSPS) is 15.8. The maximum atomic E-state index is 13.3. The molecule has 0 spiro atoms. The van der Waals surface area contributed by atoms with Gasteiger partial charge in [-0.1, -0.05) is 12.1 Å². The molecule has 8 nitrogen and oxygen atoms in total. The van der Waals surface area contributed by atoms with E-state index in [2.05, 4.69) is 10.2 Å². The van der Waals surface area contributed by atoms with Gasteiger partial charge in [-0.15, -0.1) is 0 Å². The lowest BCUT2D eigenvalue weighted by atomic mass is 10.0. The van der Waals surface area contributed by atoms with Crippen LogP contribution in [0.2, 0.25) is 0 Å². The molecule has 168 valence electrons. The van der Waals surface area contributed by atoms with Gasteiger partial charge in [-0.2, -0.15) is 0 Å². The van der Waals surface area contributed by atoms with Gasteiger partial charge >= 0.3 is 0 Å². The van der Waals surface area contributed by atoms with Crippen molar-refractivity contribution < 1.29 is 14.5 Å². The predicted octanol–water partition coefficient (Wildman–Crippen LogP) is 3.75. The quantitative estimate of drug-likeness (QED) is 0.527. The molecule has 32 heavy (non-hydrogen) atoms. The SMILES string of the molecule is CN(Cc1ccc(C(=O)NC2CC2)cc1)C(=O)c1cc([N+](=O)[O-])ccc1N1CCCCC1. The van der Waals surface area contributed by atoms with Crippen molar-refractivity contribution in [2.75, 3.05) is 25.0 Å². The molecular weight excluding hydrogens is 408 g/mol. The largest absolute Gasteiger partial charge is 0.371 e. The van der Waals surface area contributed by atoms with Crippen molar-refractivity contribution in [2.24, 2.45) is 0 Å². The molecule has 0 atom stereocenters. The minimum Gasteiger partial charge on any atom is -0.371 e. The molecular formula is C24H28N4O4. The molecule has 0 radical (unpaired) electrons. The molecule has 1 aliphatic carbocycles. The van der Waals surface area contributed by atoms with E-state index >= 15 is 0 Å². The van der Waals surface area contributed by atoms with Crippen LogP contribution in [0.1, 0.15) is 58.4 Å². The second-order valence-corrected chi connectivity index (χ2v) is 8.61. The summed E-state index contributed by atoms with van der Waals surface area (Å²) in [5, 5.41) is 14.3. The summed E-state index contributed by atoms with van der Waals surface area (Å²) in [6, 6.07) is 12.0. The highest BCUT2D eigenvalue weighted by Gasteiger charge is 2.25. The van der Waals surface area contributed by atoms with E-state index in [-0.39, 0.29) is 17.5 Å². The number of nitrogens with one attached hydrogen (secondary N) is 1. The highest BCUT2D eigenvalue weighted by Crippen LogP contribution is 2.29. The van der Waals surface area contributed by atoms with E-state index in [1.54, 1.807) is 30.1 Å². The Morgan fingerprint density at radius 1 is 1.09 bits per heavy atom. The summed E-state index contributed by atoms with van der Waals surface area (Å²) in [6.45, 7) is 2.02. The Bertz CT molecular complexity index is 1010. The predicted molar refractivity (Wildman–Crippen MR) is 122 cm³/mol. The summed E-state index contributed by atoms with van der Waals surface area (Å²) in [5.74, 6) is -0.337. The third-order valence-electron chi connectivity index (χ3n) is 6.01. The summed E-state index contributed by atoms with van der Waals surface area (Å²) < 4.78 is 0. The van der Waals surface area contributed by atoms with Crippen molar-refractivity contribution in [2.45, 2.75) is 44.7 Å². The smallest absolute Gasteiger partial charge is 0.270 e. The van der Waals surface area contributed by atoms with Crippen LogP contribution >= 0.6 is 0 Å². The third kappa shape index (κ3) is 5.07. The maximum Gasteiger partial charge on any atom is 0.270 e. The lowest BCUT2D eigenvalue weighted by Crippen LogP contribution is -2.33. The molecule has 1 saturated carbocycles. The summed E-state index contributed by atoms with van der Waals surface area (Å²) >= 11 is 0. The van der Waals surface area contributed by atoms with Gasteiger partial charge in [-0.3, -0.25) is 19.7 Å². The van der Waals surface area contributed by atoms with Gasteiger partial charge in [0.05, 0.1) is 16.2 Å². The Hall–Kier alpha value is -3.42. The Morgan fingerprint density at radius 3 is 2.41 bits per heavy atom. The monoisotopic (exact) mass is 436 g/mol. The minimum absolute atomic E-state index is 0.0775. The van der Waals surface area contributed by atoms with Gasteiger partial charge in [-0.25, -0.2) is 0 Å². The number of piperidine rings is 1. The summed E-state index contributed by atoms with van der Waals surface area (Å²) in [6.07, 6.45) is 5.31. The van der Waals surface area contributed by atoms with Crippen molar-refractivity contribution in [3.8, 4) is 0 Å². The molecule has 2 aliphatic rings. The van der Waals surface area contributed by atoms with Crippen LogP contribution in [0.15, 0.2) is 42.5 Å². The van der Waals surface area contributed by atoms with Gasteiger partial charge in [0, 0.05) is 50.4 Å². The van der Waals surface area contributed by atoms with Gasteiger partial charge < -0.3 is 15.1 Å². The number of non-ortho nitro benzene ring substituents is 1. The number of nitrogens with zero attached hydrogens (tertiary/aromatic N) is 3. The minimum atomic E-state index is -0.470.